The van der Waals surface area contributed by atoms with Gasteiger partial charge in [-0.2, -0.15) is 0 Å². The number of fused-ring (bicyclic) bond motifs is 2. The zero-order valence-corrected chi connectivity index (χ0v) is 37.0. The second kappa shape index (κ2) is 20.8. The van der Waals surface area contributed by atoms with Crippen LogP contribution < -0.4 is 0 Å². The summed E-state index contributed by atoms with van der Waals surface area (Å²) in [5.74, 6) is 1.14. The first-order valence-electron chi connectivity index (χ1n) is 18.5. The molecular formula is C50H48Cl2SiZr. The van der Waals surface area contributed by atoms with Gasteiger partial charge in [0.25, 0.3) is 0 Å². The molecule has 0 atom stereocenters. The fourth-order valence-corrected chi connectivity index (χ4v) is 6.66. The predicted molar refractivity (Wildman–Crippen MR) is 238 cm³/mol. The number of hydrogen-bond acceptors (Lipinski definition) is 0. The first kappa shape index (κ1) is 41.4. The van der Waals surface area contributed by atoms with Crippen molar-refractivity contribution in [1.82, 2.24) is 0 Å². The molecule has 0 N–H and O–H groups in total. The van der Waals surface area contributed by atoms with Crippen LogP contribution in [0.3, 0.4) is 0 Å². The van der Waals surface area contributed by atoms with Gasteiger partial charge in [0.05, 0.1) is 0 Å². The van der Waals surface area contributed by atoms with E-state index in [2.05, 4.69) is 211 Å². The molecule has 0 spiro atoms. The Balaban J connectivity index is 0.000000182. The molecule has 8 aromatic rings. The molecule has 0 nitrogen and oxygen atoms in total. The van der Waals surface area contributed by atoms with Crippen molar-refractivity contribution >= 4 is 48.1 Å². The molecule has 0 unspecified atom stereocenters. The van der Waals surface area contributed by atoms with E-state index in [-0.39, 0.29) is 0 Å². The second-order valence-electron chi connectivity index (χ2n) is 14.0. The maximum atomic E-state index is 4.93. The molecule has 0 aromatic heterocycles. The van der Waals surface area contributed by atoms with Crippen LogP contribution in [0, 0.1) is 0 Å². The summed E-state index contributed by atoms with van der Waals surface area (Å²) in [5, 5.41) is 5.26. The van der Waals surface area contributed by atoms with Crippen molar-refractivity contribution in [2.45, 2.75) is 52.6 Å². The fourth-order valence-electron chi connectivity index (χ4n) is 6.66. The summed E-state index contributed by atoms with van der Waals surface area (Å²) < 4.78 is 0. The van der Waals surface area contributed by atoms with E-state index in [9.17, 15) is 0 Å². The Morgan fingerprint density at radius 3 is 1.09 bits per heavy atom. The third-order valence-corrected chi connectivity index (χ3v) is 9.49. The van der Waals surface area contributed by atoms with Gasteiger partial charge >= 0.3 is 37.9 Å². The van der Waals surface area contributed by atoms with Gasteiger partial charge in [-0.05, 0) is 34.1 Å². The van der Waals surface area contributed by atoms with Crippen molar-refractivity contribution in [2.75, 3.05) is 0 Å². The summed E-state index contributed by atoms with van der Waals surface area (Å²) in [6, 6.07) is 61.6. The van der Waals surface area contributed by atoms with Crippen LogP contribution in [0.2, 0.25) is 13.1 Å². The standard InChI is InChI=1S/2C24H21.C2H6Si.2ClH.Zr/c2*1-17(2)18-11-13-20(14-12-18)23-10-6-9-21-15-22(16-24(21)23)19-7-4-3-5-8-19;1-3-2;;;/h2*3-17H,1-2H3;1-2H3;2*1H;/q2*-1;;;;+4/p-2. The van der Waals surface area contributed by atoms with E-state index >= 15 is 0 Å². The second-order valence-corrected chi connectivity index (χ2v) is 18.7. The molecule has 0 saturated carbocycles. The van der Waals surface area contributed by atoms with Crippen molar-refractivity contribution < 1.29 is 20.8 Å². The van der Waals surface area contributed by atoms with Gasteiger partial charge in [-0.1, -0.05) is 197 Å². The summed E-state index contributed by atoms with van der Waals surface area (Å²) in [7, 11) is 11.0. The van der Waals surface area contributed by atoms with Gasteiger partial charge in [0.1, 0.15) is 0 Å². The van der Waals surface area contributed by atoms with E-state index in [0.29, 0.717) is 11.8 Å². The van der Waals surface area contributed by atoms with Crippen LogP contribution in [0.25, 0.3) is 66.1 Å². The third-order valence-electron chi connectivity index (χ3n) is 9.49. The normalized spacial score (nSPS) is 10.6. The van der Waals surface area contributed by atoms with Crippen molar-refractivity contribution in [2.24, 2.45) is 0 Å². The minimum absolute atomic E-state index is 0.568. The number of benzene rings is 6. The van der Waals surface area contributed by atoms with Gasteiger partial charge in [0.15, 0.2) is 0 Å². The molecular weight excluding hydrogens is 791 g/mol. The molecule has 0 fully saturated rings. The minimum atomic E-state index is -0.826. The van der Waals surface area contributed by atoms with E-state index in [1.54, 1.807) is 0 Å². The van der Waals surface area contributed by atoms with Gasteiger partial charge in [0.2, 0.25) is 0 Å². The van der Waals surface area contributed by atoms with E-state index in [0.717, 1.165) is 9.52 Å². The van der Waals surface area contributed by atoms with Gasteiger partial charge in [0, 0.05) is 9.52 Å². The van der Waals surface area contributed by atoms with Gasteiger partial charge < -0.3 is 0 Å². The average Bonchev–Trinajstić information content (AvgIpc) is 3.85. The summed E-state index contributed by atoms with van der Waals surface area (Å²) in [4.78, 5) is 0. The zero-order chi connectivity index (χ0) is 38.5. The van der Waals surface area contributed by atoms with Crippen molar-refractivity contribution in [3.63, 3.8) is 0 Å². The molecule has 8 rings (SSSR count). The number of halogens is 2. The van der Waals surface area contributed by atoms with Crippen LogP contribution in [0.1, 0.15) is 50.7 Å². The average molecular weight is 839 g/mol. The van der Waals surface area contributed by atoms with E-state index in [4.69, 9.17) is 17.0 Å². The Morgan fingerprint density at radius 2 is 0.778 bits per heavy atom. The monoisotopic (exact) mass is 836 g/mol. The van der Waals surface area contributed by atoms with Gasteiger partial charge in [-0.3, -0.25) is 0 Å². The molecule has 0 bridgehead atoms. The Kier molecular flexibility index (Phi) is 15.9. The van der Waals surface area contributed by atoms with Crippen LogP contribution in [0.4, 0.5) is 0 Å². The molecule has 0 aliphatic heterocycles. The van der Waals surface area contributed by atoms with E-state index in [1.165, 1.54) is 77.2 Å². The van der Waals surface area contributed by atoms with Crippen molar-refractivity contribution in [3.05, 3.63) is 181 Å². The number of hydrogen-bond donors (Lipinski definition) is 0. The zero-order valence-electron chi connectivity index (χ0n) is 32.1. The molecule has 0 saturated heterocycles. The van der Waals surface area contributed by atoms with Gasteiger partial charge in [-0.25, -0.2) is 0 Å². The number of rotatable bonds is 6. The first-order chi connectivity index (χ1) is 26.3. The van der Waals surface area contributed by atoms with Crippen molar-refractivity contribution in [3.8, 4) is 44.5 Å². The molecule has 2 radical (unpaired) electrons. The van der Waals surface area contributed by atoms with Crippen LogP contribution >= 0.6 is 17.0 Å². The maximum absolute atomic E-state index is 4.93. The topological polar surface area (TPSA) is 0 Å². The first-order valence-corrected chi connectivity index (χ1v) is 26.9. The van der Waals surface area contributed by atoms with Crippen molar-refractivity contribution in [1.29, 1.82) is 0 Å². The fraction of sp³-hybridized carbons (Fsp3) is 0.160. The summed E-state index contributed by atoms with van der Waals surface area (Å²) in [6.45, 7) is 13.2. The predicted octanol–water partition coefficient (Wildman–Crippen LogP) is 16.2. The Labute approximate surface area is 344 Å². The molecule has 0 heterocycles. The van der Waals surface area contributed by atoms with E-state index < -0.39 is 20.8 Å². The SMILES string of the molecule is CC(C)c1ccc(-c2cccc3[cH-]c(-c4ccccc4)cc23)cc1.CC(C)c1ccc(-c2cccc3[cH-]c(-c4ccccc4)cc23)cc1.C[Si]C.[Cl][Zr+2][Cl]. The molecule has 8 aromatic carbocycles. The summed E-state index contributed by atoms with van der Waals surface area (Å²) in [6.07, 6.45) is 0. The third kappa shape index (κ3) is 10.7. The van der Waals surface area contributed by atoms with Crippen LogP contribution in [-0.2, 0) is 20.8 Å². The van der Waals surface area contributed by atoms with Crippen LogP contribution in [-0.4, -0.2) is 9.52 Å². The molecule has 54 heavy (non-hydrogen) atoms. The molecule has 0 aliphatic carbocycles. The quantitative estimate of drug-likeness (QED) is 0.116. The Morgan fingerprint density at radius 1 is 0.444 bits per heavy atom. The van der Waals surface area contributed by atoms with Crippen LogP contribution in [0.5, 0.6) is 0 Å². The van der Waals surface area contributed by atoms with E-state index in [1.807, 2.05) is 0 Å². The Hall–Kier alpha value is -3.78. The summed E-state index contributed by atoms with van der Waals surface area (Å²) in [5.41, 5.74) is 13.1. The molecule has 0 amide bonds. The molecule has 4 heteroatoms. The molecule has 270 valence electrons. The van der Waals surface area contributed by atoms with Crippen LogP contribution in [0.15, 0.2) is 170 Å². The molecule has 0 aliphatic rings. The Bertz CT molecular complexity index is 2130. The van der Waals surface area contributed by atoms with Gasteiger partial charge in [-0.15, -0.1) is 69.1 Å². The summed E-state index contributed by atoms with van der Waals surface area (Å²) >= 11 is -0.826.